The van der Waals surface area contributed by atoms with Crippen molar-refractivity contribution < 1.29 is 24.3 Å². The third kappa shape index (κ3) is 6.13. The molecule has 2 aromatic rings. The van der Waals surface area contributed by atoms with Crippen molar-refractivity contribution in [1.82, 2.24) is 20.3 Å². The number of hydrogen-bond acceptors (Lipinski definition) is 7. The molecule has 3 heterocycles. The van der Waals surface area contributed by atoms with Crippen LogP contribution in [0.3, 0.4) is 0 Å². The van der Waals surface area contributed by atoms with Gasteiger partial charge in [-0.3, -0.25) is 24.6 Å². The monoisotopic (exact) mass is 551 g/mol. The third-order valence-electron chi connectivity index (χ3n) is 7.94. The highest BCUT2D eigenvalue weighted by Gasteiger charge is 2.50. The second kappa shape index (κ2) is 11.5. The number of nitrogens with two attached hydrogens (primary N) is 1. The molecule has 0 aliphatic carbocycles. The number of nitrogens with zero attached hydrogens (tertiary/aromatic N) is 3. The number of carbonyl (C=O) groups is 3. The lowest BCUT2D eigenvalue weighted by Gasteiger charge is -2.40. The van der Waals surface area contributed by atoms with Crippen molar-refractivity contribution >= 4 is 17.7 Å². The number of rotatable bonds is 7. The standard InChI is InChI=1S/C30H41N5O5/c1-19-16-21(17-20(2)32-19)18-40-24-8-6-23(7-9-24)30(31)12-15-35(28(30)38)25(26(36)33-39)22-10-13-34(14-11-22)27(37)29(3,4)5/h6-9,16-17,22,25,39H,10-15,18,31H2,1-5H3,(H,33,36). The van der Waals surface area contributed by atoms with Crippen LogP contribution in [-0.4, -0.2) is 63.4 Å². The van der Waals surface area contributed by atoms with E-state index in [1.165, 1.54) is 4.90 Å². The Morgan fingerprint density at radius 1 is 1.12 bits per heavy atom. The molecule has 2 saturated heterocycles. The Morgan fingerprint density at radius 2 is 1.73 bits per heavy atom. The number of hydroxylamine groups is 1. The molecule has 4 N–H and O–H groups in total. The van der Waals surface area contributed by atoms with Crippen molar-refractivity contribution in [2.75, 3.05) is 19.6 Å². The number of piperidine rings is 1. The van der Waals surface area contributed by atoms with Gasteiger partial charge in [0, 0.05) is 36.4 Å². The molecule has 1 aromatic heterocycles. The van der Waals surface area contributed by atoms with Gasteiger partial charge < -0.3 is 20.3 Å². The minimum absolute atomic E-state index is 0.0609. The first-order valence-electron chi connectivity index (χ1n) is 13.8. The Morgan fingerprint density at radius 3 is 2.27 bits per heavy atom. The molecule has 10 heteroatoms. The largest absolute Gasteiger partial charge is 0.489 e. The minimum Gasteiger partial charge on any atom is -0.489 e. The highest BCUT2D eigenvalue weighted by atomic mass is 16.5. The van der Waals surface area contributed by atoms with E-state index in [0.29, 0.717) is 50.3 Å². The molecule has 216 valence electrons. The predicted octanol–water partition coefficient (Wildman–Crippen LogP) is 2.82. The van der Waals surface area contributed by atoms with Crippen LogP contribution in [0.4, 0.5) is 0 Å². The van der Waals surface area contributed by atoms with E-state index in [1.807, 2.05) is 51.7 Å². The van der Waals surface area contributed by atoms with Gasteiger partial charge in [-0.2, -0.15) is 0 Å². The zero-order valence-electron chi connectivity index (χ0n) is 24.1. The van der Waals surface area contributed by atoms with Gasteiger partial charge in [-0.15, -0.1) is 0 Å². The predicted molar refractivity (Wildman–Crippen MR) is 149 cm³/mol. The van der Waals surface area contributed by atoms with E-state index in [-0.39, 0.29) is 24.3 Å². The molecule has 0 spiro atoms. The van der Waals surface area contributed by atoms with Gasteiger partial charge in [0.25, 0.3) is 5.91 Å². The maximum absolute atomic E-state index is 13.7. The summed E-state index contributed by atoms with van der Waals surface area (Å²) in [7, 11) is 0. The van der Waals surface area contributed by atoms with Gasteiger partial charge in [0.1, 0.15) is 23.9 Å². The van der Waals surface area contributed by atoms with Crippen LogP contribution < -0.4 is 16.0 Å². The molecule has 4 rings (SSSR count). The van der Waals surface area contributed by atoms with E-state index in [9.17, 15) is 19.6 Å². The third-order valence-corrected chi connectivity index (χ3v) is 7.94. The van der Waals surface area contributed by atoms with Gasteiger partial charge in [-0.05, 0) is 74.4 Å². The van der Waals surface area contributed by atoms with Crippen molar-refractivity contribution in [2.45, 2.75) is 72.1 Å². The Hall–Kier alpha value is -3.50. The molecule has 2 fully saturated rings. The molecule has 0 radical (unpaired) electrons. The Labute approximate surface area is 235 Å². The van der Waals surface area contributed by atoms with Gasteiger partial charge in [-0.25, -0.2) is 5.48 Å². The lowest BCUT2D eigenvalue weighted by molar-refractivity contribution is -0.148. The van der Waals surface area contributed by atoms with Gasteiger partial charge in [0.15, 0.2) is 0 Å². The van der Waals surface area contributed by atoms with Crippen molar-refractivity contribution in [3.05, 3.63) is 58.9 Å². The van der Waals surface area contributed by atoms with Gasteiger partial charge >= 0.3 is 0 Å². The topological polar surface area (TPSA) is 138 Å². The molecule has 10 nitrogen and oxygen atoms in total. The van der Waals surface area contributed by atoms with Crippen LogP contribution in [0, 0.1) is 25.2 Å². The van der Waals surface area contributed by atoms with Crippen LogP contribution in [0.25, 0.3) is 0 Å². The SMILES string of the molecule is Cc1cc(COc2ccc(C3(N)CCN(C(C(=O)NO)C4CCN(C(=O)C(C)(C)C)CC4)C3=O)cc2)cc(C)n1. The Bertz CT molecular complexity index is 1230. The van der Waals surface area contributed by atoms with Crippen molar-refractivity contribution in [3.8, 4) is 5.75 Å². The molecule has 0 saturated carbocycles. The van der Waals surface area contributed by atoms with Crippen molar-refractivity contribution in [2.24, 2.45) is 17.1 Å². The summed E-state index contributed by atoms with van der Waals surface area (Å²) in [5.74, 6) is -0.491. The maximum Gasteiger partial charge on any atom is 0.266 e. The van der Waals surface area contributed by atoms with E-state index in [4.69, 9.17) is 10.5 Å². The van der Waals surface area contributed by atoms with Gasteiger partial charge in [0.2, 0.25) is 11.8 Å². The summed E-state index contributed by atoms with van der Waals surface area (Å²) in [4.78, 5) is 47.0. The van der Waals surface area contributed by atoms with Crippen molar-refractivity contribution in [1.29, 1.82) is 0 Å². The van der Waals surface area contributed by atoms with Crippen molar-refractivity contribution in [3.63, 3.8) is 0 Å². The van der Waals surface area contributed by atoms with E-state index < -0.39 is 22.9 Å². The average Bonchev–Trinajstić information content (AvgIpc) is 3.21. The van der Waals surface area contributed by atoms with Gasteiger partial charge in [0.05, 0.1) is 0 Å². The molecule has 2 aliphatic heterocycles. The second-order valence-corrected chi connectivity index (χ2v) is 12.1. The molecule has 0 bridgehead atoms. The van der Waals surface area contributed by atoms with Crippen LogP contribution in [0.2, 0.25) is 0 Å². The molecule has 1 aromatic carbocycles. The fourth-order valence-corrected chi connectivity index (χ4v) is 5.88. The maximum atomic E-state index is 13.7. The lowest BCUT2D eigenvalue weighted by Crippen LogP contribution is -2.57. The quantitative estimate of drug-likeness (QED) is 0.355. The number of hydrogen-bond donors (Lipinski definition) is 3. The summed E-state index contributed by atoms with van der Waals surface area (Å²) in [5.41, 5.74) is 10.2. The lowest BCUT2D eigenvalue weighted by atomic mass is 9.85. The molecular weight excluding hydrogens is 510 g/mol. The zero-order chi connectivity index (χ0) is 29.2. The zero-order valence-corrected chi connectivity index (χ0v) is 24.1. The number of pyridine rings is 1. The summed E-state index contributed by atoms with van der Waals surface area (Å²) in [6, 6.07) is 10.3. The normalized spacial score (nSPS) is 20.9. The number of ether oxygens (including phenoxy) is 1. The summed E-state index contributed by atoms with van der Waals surface area (Å²) in [5, 5.41) is 9.52. The van der Waals surface area contributed by atoms with E-state index >= 15 is 0 Å². The Balaban J connectivity index is 1.44. The first-order chi connectivity index (χ1) is 18.8. The number of likely N-dealkylation sites (tertiary alicyclic amines) is 2. The summed E-state index contributed by atoms with van der Waals surface area (Å²) < 4.78 is 5.94. The fraction of sp³-hybridized carbons (Fsp3) is 0.533. The molecule has 3 amide bonds. The second-order valence-electron chi connectivity index (χ2n) is 12.1. The molecule has 2 atom stereocenters. The van der Waals surface area contributed by atoms with E-state index in [2.05, 4.69) is 4.98 Å². The number of aryl methyl sites for hydroxylation is 2. The van der Waals surface area contributed by atoms with Gasteiger partial charge in [-0.1, -0.05) is 32.9 Å². The first-order valence-corrected chi connectivity index (χ1v) is 13.8. The summed E-state index contributed by atoms with van der Waals surface area (Å²) in [6.45, 7) is 11.2. The van der Waals surface area contributed by atoms with E-state index in [0.717, 1.165) is 17.0 Å². The number of nitrogens with one attached hydrogen (secondary N) is 1. The fourth-order valence-electron chi connectivity index (χ4n) is 5.88. The van der Waals surface area contributed by atoms with Crippen LogP contribution in [0.1, 0.15) is 62.5 Å². The van der Waals surface area contributed by atoms with Crippen LogP contribution in [0.15, 0.2) is 36.4 Å². The van der Waals surface area contributed by atoms with Crippen LogP contribution >= 0.6 is 0 Å². The molecular formula is C30H41N5O5. The van der Waals surface area contributed by atoms with Crippen LogP contribution in [0.5, 0.6) is 5.75 Å². The molecule has 2 aliphatic rings. The smallest absolute Gasteiger partial charge is 0.266 e. The number of carbonyl (C=O) groups excluding carboxylic acids is 3. The Kier molecular flexibility index (Phi) is 8.51. The number of aromatic nitrogens is 1. The first kappa shape index (κ1) is 29.5. The average molecular weight is 552 g/mol. The number of benzene rings is 1. The minimum atomic E-state index is -1.30. The summed E-state index contributed by atoms with van der Waals surface area (Å²) >= 11 is 0. The highest BCUT2D eigenvalue weighted by Crippen LogP contribution is 2.36. The molecule has 40 heavy (non-hydrogen) atoms. The molecule has 2 unspecified atom stereocenters. The number of amides is 3. The van der Waals surface area contributed by atoms with Crippen LogP contribution in [-0.2, 0) is 26.5 Å². The van der Waals surface area contributed by atoms with E-state index in [1.54, 1.807) is 29.7 Å². The highest BCUT2D eigenvalue weighted by molar-refractivity contribution is 5.94. The summed E-state index contributed by atoms with van der Waals surface area (Å²) in [6.07, 6.45) is 1.42.